The molecule has 0 amide bonds. The van der Waals surface area contributed by atoms with Gasteiger partial charge in [-0.3, -0.25) is 0 Å². The first-order valence-corrected chi connectivity index (χ1v) is 14.0. The Kier molecular flexibility index (Phi) is 8.06. The summed E-state index contributed by atoms with van der Waals surface area (Å²) in [6.45, 7) is 4.30. The van der Waals surface area contributed by atoms with Gasteiger partial charge < -0.3 is 0 Å². The van der Waals surface area contributed by atoms with E-state index in [9.17, 15) is 0 Å². The Morgan fingerprint density at radius 1 is 0.625 bits per heavy atom. The Balaban J connectivity index is 1.86. The number of hydrogen-bond acceptors (Lipinski definition) is 0. The smallest absolute Gasteiger partial charge is 0.0162 e. The van der Waals surface area contributed by atoms with E-state index in [2.05, 4.69) is 147 Å². The second-order valence-electron chi connectivity index (χ2n) is 7.71. The van der Waals surface area contributed by atoms with E-state index in [1.165, 1.54) is 21.2 Å². The maximum atomic E-state index is 2.47. The molecule has 4 rings (SSSR count). The van der Waals surface area contributed by atoms with Gasteiger partial charge in [-0.1, -0.05) is 134 Å². The molecule has 3 unspecified atom stereocenters. The van der Waals surface area contributed by atoms with E-state index < -0.39 is 15.8 Å². The largest absolute Gasteiger partial charge is 0.0870 e. The minimum Gasteiger partial charge on any atom is -0.0870 e. The molecule has 0 saturated carbocycles. The van der Waals surface area contributed by atoms with Crippen LogP contribution in [-0.2, 0) is 0 Å². The molecule has 3 aromatic carbocycles. The van der Waals surface area contributed by atoms with Crippen molar-refractivity contribution in [2.75, 3.05) is 0 Å². The van der Waals surface area contributed by atoms with Crippen LogP contribution in [0.3, 0.4) is 0 Å². The Hall–Kier alpha value is -2.52. The van der Waals surface area contributed by atoms with E-state index >= 15 is 0 Å². The van der Waals surface area contributed by atoms with Crippen molar-refractivity contribution >= 4 is 31.8 Å². The van der Waals surface area contributed by atoms with Crippen molar-refractivity contribution in [1.82, 2.24) is 0 Å². The molecule has 0 bridgehead atoms. The molecule has 0 N–H and O–H groups in total. The molecule has 0 radical (unpaired) electrons. The van der Waals surface area contributed by atoms with Crippen LogP contribution in [0.1, 0.15) is 13.8 Å². The van der Waals surface area contributed by atoms with Crippen LogP contribution in [0.4, 0.5) is 0 Å². The maximum Gasteiger partial charge on any atom is 0.0162 e. The van der Waals surface area contributed by atoms with Gasteiger partial charge >= 0.3 is 0 Å². The van der Waals surface area contributed by atoms with E-state index in [0.29, 0.717) is 11.3 Å². The SMILES string of the molecule is C/C=C\C(=C/C)P(c1ccccc1)C1C=CC=CC1P(c1ccccc1)c1ccccc1. The molecule has 1 aliphatic carbocycles. The molecule has 0 heterocycles. The Morgan fingerprint density at radius 3 is 1.56 bits per heavy atom. The number of hydrogen-bond donors (Lipinski definition) is 0. The lowest BCUT2D eigenvalue weighted by atomic mass is 10.2. The highest BCUT2D eigenvalue weighted by atomic mass is 31.1. The van der Waals surface area contributed by atoms with Crippen LogP contribution < -0.4 is 15.9 Å². The van der Waals surface area contributed by atoms with Crippen molar-refractivity contribution in [3.05, 3.63) is 139 Å². The molecule has 0 saturated heterocycles. The third-order valence-corrected chi connectivity index (χ3v) is 11.6. The van der Waals surface area contributed by atoms with E-state index in [0.717, 1.165) is 0 Å². The first-order chi connectivity index (χ1) is 15.8. The molecule has 3 aromatic rings. The zero-order valence-electron chi connectivity index (χ0n) is 18.8. The van der Waals surface area contributed by atoms with Gasteiger partial charge in [-0.2, -0.15) is 0 Å². The summed E-state index contributed by atoms with van der Waals surface area (Å²) in [5, 5.41) is 5.78. The van der Waals surface area contributed by atoms with Crippen LogP contribution in [0.2, 0.25) is 0 Å². The molecule has 1 aliphatic rings. The molecule has 0 nitrogen and oxygen atoms in total. The number of rotatable bonds is 7. The summed E-state index contributed by atoms with van der Waals surface area (Å²) in [6.07, 6.45) is 16.3. The van der Waals surface area contributed by atoms with Crippen molar-refractivity contribution in [2.45, 2.75) is 25.2 Å². The van der Waals surface area contributed by atoms with Gasteiger partial charge in [-0.15, -0.1) is 0 Å². The van der Waals surface area contributed by atoms with Crippen LogP contribution in [0.5, 0.6) is 0 Å². The highest BCUT2D eigenvalue weighted by Gasteiger charge is 2.35. The summed E-state index contributed by atoms with van der Waals surface area (Å²) in [5.74, 6) is 0. The molecule has 0 spiro atoms. The quantitative estimate of drug-likeness (QED) is 0.261. The fourth-order valence-corrected chi connectivity index (χ4v) is 10.5. The zero-order valence-corrected chi connectivity index (χ0v) is 20.5. The van der Waals surface area contributed by atoms with E-state index in [1.807, 2.05) is 0 Å². The first kappa shape index (κ1) is 22.7. The van der Waals surface area contributed by atoms with Gasteiger partial charge in [0.1, 0.15) is 0 Å². The Labute approximate surface area is 195 Å². The van der Waals surface area contributed by atoms with Crippen molar-refractivity contribution < 1.29 is 0 Å². The number of benzene rings is 3. The fraction of sp³-hybridized carbons (Fsp3) is 0.133. The van der Waals surface area contributed by atoms with Crippen LogP contribution in [0.25, 0.3) is 0 Å². The maximum absolute atomic E-state index is 2.47. The lowest BCUT2D eigenvalue weighted by Gasteiger charge is -2.38. The van der Waals surface area contributed by atoms with Crippen LogP contribution in [0.15, 0.2) is 139 Å². The monoisotopic (exact) mass is 452 g/mol. The van der Waals surface area contributed by atoms with E-state index in [1.54, 1.807) is 0 Å². The van der Waals surface area contributed by atoms with Gasteiger partial charge in [0.2, 0.25) is 0 Å². The van der Waals surface area contributed by atoms with Crippen molar-refractivity contribution in [2.24, 2.45) is 0 Å². The molecule has 2 heteroatoms. The summed E-state index contributed by atoms with van der Waals surface area (Å²) in [5.41, 5.74) is 0.873. The normalized spacial score (nSPS) is 19.5. The van der Waals surface area contributed by atoms with Crippen molar-refractivity contribution in [1.29, 1.82) is 0 Å². The molecule has 0 aromatic heterocycles. The molecule has 0 aliphatic heterocycles. The van der Waals surface area contributed by atoms with Gasteiger partial charge in [0, 0.05) is 11.3 Å². The van der Waals surface area contributed by atoms with Gasteiger partial charge in [0.25, 0.3) is 0 Å². The van der Waals surface area contributed by atoms with Crippen LogP contribution in [-0.4, -0.2) is 11.3 Å². The second-order valence-corrected chi connectivity index (χ2v) is 12.4. The van der Waals surface area contributed by atoms with Crippen molar-refractivity contribution in [3.8, 4) is 0 Å². The summed E-state index contributed by atoms with van der Waals surface area (Å²) >= 11 is 0. The van der Waals surface area contributed by atoms with Gasteiger partial charge in [-0.05, 0) is 50.9 Å². The zero-order chi connectivity index (χ0) is 22.2. The molecule has 3 atom stereocenters. The van der Waals surface area contributed by atoms with Gasteiger partial charge in [0.05, 0.1) is 0 Å². The molecule has 160 valence electrons. The lowest BCUT2D eigenvalue weighted by Crippen LogP contribution is -2.31. The second kappa shape index (κ2) is 11.4. The number of allylic oxidation sites excluding steroid dienone is 8. The minimum atomic E-state index is -0.543. The van der Waals surface area contributed by atoms with Crippen molar-refractivity contribution in [3.63, 3.8) is 0 Å². The highest BCUT2D eigenvalue weighted by molar-refractivity contribution is 7.76. The molecule has 32 heavy (non-hydrogen) atoms. The topological polar surface area (TPSA) is 0 Å². The fourth-order valence-electron chi connectivity index (χ4n) is 4.30. The van der Waals surface area contributed by atoms with E-state index in [4.69, 9.17) is 0 Å². The predicted octanol–water partition coefficient (Wildman–Crippen LogP) is 7.27. The summed E-state index contributed by atoms with van der Waals surface area (Å²) in [4.78, 5) is 0. The summed E-state index contributed by atoms with van der Waals surface area (Å²) < 4.78 is 0. The summed E-state index contributed by atoms with van der Waals surface area (Å²) in [6, 6.07) is 33.4. The lowest BCUT2D eigenvalue weighted by molar-refractivity contribution is 1.06. The predicted molar refractivity (Wildman–Crippen MR) is 146 cm³/mol. The third kappa shape index (κ3) is 5.10. The van der Waals surface area contributed by atoms with Crippen LogP contribution >= 0.6 is 15.8 Å². The molecule has 0 fully saturated rings. The van der Waals surface area contributed by atoms with Gasteiger partial charge in [0.15, 0.2) is 0 Å². The molecular formula is C30H30P2. The Bertz CT molecular complexity index is 1060. The van der Waals surface area contributed by atoms with E-state index in [-0.39, 0.29) is 0 Å². The van der Waals surface area contributed by atoms with Gasteiger partial charge in [-0.25, -0.2) is 0 Å². The minimum absolute atomic E-state index is 0.436. The average molecular weight is 453 g/mol. The summed E-state index contributed by atoms with van der Waals surface area (Å²) in [7, 11) is -1.09. The standard InChI is InChI=1S/C30H30P2/c1-3-16-25(4-2)31(26-17-8-5-9-18-26)29-23-14-15-24-30(29)32(27-19-10-6-11-20-27)28-21-12-7-13-22-28/h3-24,29-30H,1-2H3/b16-3-,25-4+. The molecular weight excluding hydrogens is 422 g/mol. The Morgan fingerprint density at radius 2 is 1.09 bits per heavy atom. The highest BCUT2D eigenvalue weighted by Crippen LogP contribution is 2.58. The average Bonchev–Trinajstić information content (AvgIpc) is 2.87. The third-order valence-electron chi connectivity index (χ3n) is 5.69. The van der Waals surface area contributed by atoms with Crippen LogP contribution in [0, 0.1) is 0 Å². The first-order valence-electron chi connectivity index (χ1n) is 11.2.